The van der Waals surface area contributed by atoms with E-state index in [9.17, 15) is 0 Å². The van der Waals surface area contributed by atoms with E-state index in [4.69, 9.17) is 0 Å². The van der Waals surface area contributed by atoms with Gasteiger partial charge in [0.15, 0.2) is 0 Å². The van der Waals surface area contributed by atoms with Crippen LogP contribution >= 0.6 is 23.5 Å². The van der Waals surface area contributed by atoms with E-state index in [1.165, 1.54) is 33.3 Å². The van der Waals surface area contributed by atoms with Crippen molar-refractivity contribution >= 4 is 31.6 Å². The van der Waals surface area contributed by atoms with E-state index >= 15 is 0 Å². The molecule has 2 aromatic rings. The molecule has 2 rings (SSSR count). The van der Waals surface area contributed by atoms with Crippen LogP contribution in [0.3, 0.4) is 0 Å². The molecule has 0 N–H and O–H groups in total. The molecule has 0 fully saturated rings. The summed E-state index contributed by atoms with van der Waals surface area (Å²) >= 11 is 3.83. The molecule has 0 heterocycles. The highest BCUT2D eigenvalue weighted by molar-refractivity contribution is 8.01. The standard InChI is InChI=1S/C13H22SSi.C7H8S/c1-4-15(5-2,6-3)12-14-13-10-8-7-9-11-13;1-8-7-5-3-2-4-6-7/h7-11H,4-6,12H2,1-3H3;2-6H,1H3. The van der Waals surface area contributed by atoms with Crippen LogP contribution < -0.4 is 0 Å². The average Bonchev–Trinajstić information content (AvgIpc) is 2.65. The molecular weight excluding hydrogens is 332 g/mol. The summed E-state index contributed by atoms with van der Waals surface area (Å²) in [6, 6.07) is 25.4. The van der Waals surface area contributed by atoms with Crippen LogP contribution in [0.5, 0.6) is 0 Å². The van der Waals surface area contributed by atoms with Crippen LogP contribution in [0.4, 0.5) is 0 Å². The zero-order valence-electron chi connectivity index (χ0n) is 14.9. The zero-order chi connectivity index (χ0) is 17.0. The second-order valence-corrected chi connectivity index (χ2v) is 13.6. The van der Waals surface area contributed by atoms with Crippen LogP contribution in [0, 0.1) is 0 Å². The summed E-state index contributed by atoms with van der Waals surface area (Å²) in [6.07, 6.45) is 2.08. The molecule has 0 nitrogen and oxygen atoms in total. The van der Waals surface area contributed by atoms with Crippen molar-refractivity contribution < 1.29 is 0 Å². The fourth-order valence-electron chi connectivity index (χ4n) is 2.37. The van der Waals surface area contributed by atoms with Gasteiger partial charge < -0.3 is 0 Å². The first-order valence-corrected chi connectivity index (χ1v) is 13.5. The molecule has 0 atom stereocenters. The van der Waals surface area contributed by atoms with E-state index in [2.05, 4.69) is 81.3 Å². The number of hydrogen-bond donors (Lipinski definition) is 0. The lowest BCUT2D eigenvalue weighted by Crippen LogP contribution is -2.34. The molecule has 2 aromatic carbocycles. The molecule has 0 bridgehead atoms. The third-order valence-electron chi connectivity index (χ3n) is 4.52. The lowest BCUT2D eigenvalue weighted by Gasteiger charge is -2.27. The Morgan fingerprint density at radius 2 is 1.13 bits per heavy atom. The Labute approximate surface area is 152 Å². The smallest absolute Gasteiger partial charge is 0.0636 e. The summed E-state index contributed by atoms with van der Waals surface area (Å²) in [4.78, 5) is 2.76. The van der Waals surface area contributed by atoms with Crippen LogP contribution in [0.2, 0.25) is 18.1 Å². The molecule has 0 amide bonds. The number of rotatable bonds is 7. The van der Waals surface area contributed by atoms with Gasteiger partial charge in [-0.25, -0.2) is 0 Å². The number of benzene rings is 2. The summed E-state index contributed by atoms with van der Waals surface area (Å²) in [5, 5.41) is 1.39. The van der Waals surface area contributed by atoms with Crippen LogP contribution in [-0.4, -0.2) is 19.7 Å². The third kappa shape index (κ3) is 7.64. The van der Waals surface area contributed by atoms with Crippen LogP contribution in [0.25, 0.3) is 0 Å². The third-order valence-corrected chi connectivity index (χ3v) is 13.4. The van der Waals surface area contributed by atoms with Gasteiger partial charge in [0, 0.05) is 9.79 Å². The minimum atomic E-state index is -0.937. The van der Waals surface area contributed by atoms with Gasteiger partial charge in [-0.05, 0) is 35.9 Å². The van der Waals surface area contributed by atoms with Crippen LogP contribution in [0.15, 0.2) is 70.5 Å². The van der Waals surface area contributed by atoms with E-state index in [1.54, 1.807) is 11.8 Å². The topological polar surface area (TPSA) is 0 Å². The van der Waals surface area contributed by atoms with Crippen molar-refractivity contribution in [2.75, 3.05) is 11.6 Å². The molecule has 0 radical (unpaired) electrons. The van der Waals surface area contributed by atoms with Gasteiger partial charge in [0.1, 0.15) is 0 Å². The van der Waals surface area contributed by atoms with Crippen molar-refractivity contribution in [1.29, 1.82) is 0 Å². The van der Waals surface area contributed by atoms with Gasteiger partial charge in [-0.1, -0.05) is 75.3 Å². The van der Waals surface area contributed by atoms with Gasteiger partial charge in [-0.3, -0.25) is 0 Å². The molecule has 0 saturated heterocycles. The van der Waals surface area contributed by atoms with E-state index in [0.29, 0.717) is 0 Å². The molecule has 0 unspecified atom stereocenters. The number of thioether (sulfide) groups is 2. The Kier molecular flexibility index (Phi) is 10.5. The predicted molar refractivity (Wildman–Crippen MR) is 113 cm³/mol. The van der Waals surface area contributed by atoms with Gasteiger partial charge in [-0.2, -0.15) is 0 Å². The Morgan fingerprint density at radius 1 is 0.696 bits per heavy atom. The summed E-state index contributed by atoms with van der Waals surface area (Å²) < 4.78 is 0. The molecule has 0 aliphatic carbocycles. The predicted octanol–water partition coefficient (Wildman–Crippen LogP) is 7.23. The summed E-state index contributed by atoms with van der Waals surface area (Å²) in [5.74, 6) is 0. The molecule has 0 aliphatic heterocycles. The first-order valence-electron chi connectivity index (χ1n) is 8.46. The SMILES string of the molecule is CC[Si](CC)(CC)CSc1ccccc1.CSc1ccccc1. The molecule has 0 aliphatic rings. The van der Waals surface area contributed by atoms with Gasteiger partial charge in [0.05, 0.1) is 8.07 Å². The monoisotopic (exact) mass is 362 g/mol. The molecule has 3 heteroatoms. The Hall–Kier alpha value is -0.643. The first-order chi connectivity index (χ1) is 11.2. The molecular formula is C20H30S2Si. The van der Waals surface area contributed by atoms with Crippen molar-refractivity contribution in [2.24, 2.45) is 0 Å². The van der Waals surface area contributed by atoms with E-state index in [0.717, 1.165) is 0 Å². The van der Waals surface area contributed by atoms with Gasteiger partial charge in [0.2, 0.25) is 0 Å². The van der Waals surface area contributed by atoms with Crippen LogP contribution in [0.1, 0.15) is 20.8 Å². The first kappa shape index (κ1) is 20.4. The zero-order valence-corrected chi connectivity index (χ0v) is 17.6. The summed E-state index contributed by atoms with van der Waals surface area (Å²) in [6.45, 7) is 7.14. The maximum Gasteiger partial charge on any atom is 0.0636 e. The highest BCUT2D eigenvalue weighted by Crippen LogP contribution is 2.28. The fourth-order valence-corrected chi connectivity index (χ4v) is 8.99. The Bertz CT molecular complexity index is 501. The number of hydrogen-bond acceptors (Lipinski definition) is 2. The lowest BCUT2D eigenvalue weighted by molar-refractivity contribution is 1.17. The normalized spacial score (nSPS) is 10.8. The summed E-state index contributed by atoms with van der Waals surface area (Å²) in [5.41, 5.74) is 0. The molecule has 0 aromatic heterocycles. The minimum absolute atomic E-state index is 0.937. The fraction of sp³-hybridized carbons (Fsp3) is 0.400. The maximum atomic E-state index is 2.38. The van der Waals surface area contributed by atoms with Crippen molar-refractivity contribution in [3.05, 3.63) is 60.7 Å². The lowest BCUT2D eigenvalue weighted by atomic mass is 10.4. The van der Waals surface area contributed by atoms with Gasteiger partial charge >= 0.3 is 0 Å². The van der Waals surface area contributed by atoms with Gasteiger partial charge in [-0.15, -0.1) is 23.5 Å². The van der Waals surface area contributed by atoms with Gasteiger partial charge in [0.25, 0.3) is 0 Å². The highest BCUT2D eigenvalue weighted by atomic mass is 32.2. The summed E-state index contributed by atoms with van der Waals surface area (Å²) in [7, 11) is -0.937. The Balaban J connectivity index is 0.000000277. The molecule has 0 spiro atoms. The van der Waals surface area contributed by atoms with Crippen molar-refractivity contribution in [3.63, 3.8) is 0 Å². The second-order valence-electron chi connectivity index (χ2n) is 5.68. The molecule has 23 heavy (non-hydrogen) atoms. The molecule has 126 valence electrons. The van der Waals surface area contributed by atoms with E-state index in [1.807, 2.05) is 18.2 Å². The van der Waals surface area contributed by atoms with Crippen molar-refractivity contribution in [3.8, 4) is 0 Å². The van der Waals surface area contributed by atoms with Crippen LogP contribution in [-0.2, 0) is 0 Å². The quantitative estimate of drug-likeness (QED) is 0.376. The molecule has 0 saturated carbocycles. The van der Waals surface area contributed by atoms with E-state index in [-0.39, 0.29) is 0 Å². The average molecular weight is 363 g/mol. The van der Waals surface area contributed by atoms with Crippen molar-refractivity contribution in [1.82, 2.24) is 0 Å². The van der Waals surface area contributed by atoms with Crippen molar-refractivity contribution in [2.45, 2.75) is 48.7 Å². The largest absolute Gasteiger partial charge is 0.130 e. The minimum Gasteiger partial charge on any atom is -0.130 e. The second kappa shape index (κ2) is 11.8. The maximum absolute atomic E-state index is 2.38. The Morgan fingerprint density at radius 3 is 1.48 bits per heavy atom. The van der Waals surface area contributed by atoms with E-state index < -0.39 is 8.07 Å². The highest BCUT2D eigenvalue weighted by Gasteiger charge is 2.26.